The number of ether oxygens (including phenoxy) is 1. The number of allylic oxidation sites excluding steroid dienone is 1. The van der Waals surface area contributed by atoms with E-state index in [0.29, 0.717) is 5.57 Å². The molecular weight excluding hydrogens is 534 g/mol. The number of amides is 1. The van der Waals surface area contributed by atoms with Crippen LogP contribution >= 0.6 is 0 Å². The van der Waals surface area contributed by atoms with Crippen molar-refractivity contribution in [3.05, 3.63) is 59.8 Å². The zero-order valence-corrected chi connectivity index (χ0v) is 24.5. The maximum Gasteiger partial charge on any atom is 0.262 e. The minimum atomic E-state index is -1.39. The molecule has 0 radical (unpaired) electrons. The molecule has 10 nitrogen and oxygen atoms in total. The number of hydrogen-bond donors (Lipinski definition) is 4. The average Bonchev–Trinajstić information content (AvgIpc) is 3.38. The van der Waals surface area contributed by atoms with E-state index in [1.54, 1.807) is 13.8 Å². The lowest BCUT2D eigenvalue weighted by atomic mass is 9.95. The lowest BCUT2D eigenvalue weighted by Crippen LogP contribution is -2.59. The van der Waals surface area contributed by atoms with Gasteiger partial charge in [-0.1, -0.05) is 18.2 Å². The van der Waals surface area contributed by atoms with Crippen molar-refractivity contribution in [3.63, 3.8) is 0 Å². The number of carbonyl (C=O) groups excluding carboxylic acids is 1. The number of nitriles is 1. The molecule has 42 heavy (non-hydrogen) atoms. The smallest absolute Gasteiger partial charge is 0.262 e. The van der Waals surface area contributed by atoms with E-state index in [4.69, 9.17) is 4.74 Å². The van der Waals surface area contributed by atoms with Crippen LogP contribution in [0.15, 0.2) is 54.1 Å². The Hall–Kier alpha value is -3.72. The molecule has 2 aliphatic heterocycles. The Kier molecular flexibility index (Phi) is 8.68. The summed E-state index contributed by atoms with van der Waals surface area (Å²) < 4.78 is 7.52. The van der Waals surface area contributed by atoms with E-state index in [2.05, 4.69) is 58.6 Å². The van der Waals surface area contributed by atoms with Gasteiger partial charge in [0.1, 0.15) is 36.1 Å². The molecule has 1 unspecified atom stereocenters. The van der Waals surface area contributed by atoms with Gasteiger partial charge in [-0.25, -0.2) is 0 Å². The molecule has 1 amide bonds. The zero-order valence-electron chi connectivity index (χ0n) is 24.5. The molecule has 4 N–H and O–H groups in total. The van der Waals surface area contributed by atoms with Crippen molar-refractivity contribution in [2.75, 3.05) is 44.7 Å². The summed E-state index contributed by atoms with van der Waals surface area (Å²) in [5, 5.41) is 45.0. The number of carbonyl (C=O) groups is 1. The summed E-state index contributed by atoms with van der Waals surface area (Å²) in [7, 11) is 4.06. The molecule has 0 aliphatic carbocycles. The number of likely N-dealkylation sites (N-methyl/N-ethyl adjacent to an activating group) is 1. The van der Waals surface area contributed by atoms with Crippen LogP contribution in [0.4, 0.5) is 5.69 Å². The Balaban J connectivity index is 1.33. The first-order valence-corrected chi connectivity index (χ1v) is 14.3. The van der Waals surface area contributed by atoms with Gasteiger partial charge < -0.3 is 39.7 Å². The fraction of sp³-hybridized carbons (Fsp3) is 0.438. The number of rotatable bonds is 6. The predicted molar refractivity (Wildman–Crippen MR) is 162 cm³/mol. The van der Waals surface area contributed by atoms with Crippen molar-refractivity contribution < 1.29 is 24.9 Å². The topological polar surface area (TPSA) is 134 Å². The highest BCUT2D eigenvalue weighted by Gasteiger charge is 2.41. The summed E-state index contributed by atoms with van der Waals surface area (Å²) in [4.78, 5) is 17.8. The minimum Gasteiger partial charge on any atom is -0.388 e. The Morgan fingerprint density at radius 2 is 1.67 bits per heavy atom. The molecule has 3 aromatic rings. The van der Waals surface area contributed by atoms with E-state index in [0.717, 1.165) is 48.5 Å². The molecule has 10 heteroatoms. The van der Waals surface area contributed by atoms with Gasteiger partial charge in [-0.3, -0.25) is 4.79 Å². The van der Waals surface area contributed by atoms with Gasteiger partial charge in [0.25, 0.3) is 5.91 Å². The Morgan fingerprint density at radius 1 is 0.976 bits per heavy atom. The van der Waals surface area contributed by atoms with Gasteiger partial charge in [0, 0.05) is 56.8 Å². The van der Waals surface area contributed by atoms with Gasteiger partial charge in [0.05, 0.1) is 6.10 Å². The second-order valence-electron chi connectivity index (χ2n) is 11.4. The lowest BCUT2D eigenvalue weighted by molar-refractivity contribution is -0.215. The third-order valence-electron chi connectivity index (χ3n) is 8.62. The molecule has 0 spiro atoms. The lowest BCUT2D eigenvalue weighted by Gasteiger charge is -2.39. The number of anilines is 1. The number of nitrogens with one attached hydrogen (secondary N) is 1. The van der Waals surface area contributed by atoms with Gasteiger partial charge in [-0.05, 0) is 73.1 Å². The zero-order chi connectivity index (χ0) is 30.1. The summed E-state index contributed by atoms with van der Waals surface area (Å²) in [6.07, 6.45) is -5.62. The van der Waals surface area contributed by atoms with Crippen LogP contribution in [0.25, 0.3) is 27.6 Å². The van der Waals surface area contributed by atoms with E-state index >= 15 is 0 Å². The van der Waals surface area contributed by atoms with Crippen LogP contribution in [0.2, 0.25) is 0 Å². The summed E-state index contributed by atoms with van der Waals surface area (Å²) in [6.45, 7) is 7.33. The van der Waals surface area contributed by atoms with Gasteiger partial charge in [-0.2, -0.15) is 5.26 Å². The van der Waals surface area contributed by atoms with Crippen molar-refractivity contribution in [2.24, 2.45) is 7.05 Å². The summed E-state index contributed by atoms with van der Waals surface area (Å²) in [5.74, 6) is -0.608. The summed E-state index contributed by atoms with van der Waals surface area (Å²) in [5.41, 5.74) is 4.39. The predicted octanol–water partition coefficient (Wildman–Crippen LogP) is 1.88. The van der Waals surface area contributed by atoms with E-state index in [1.165, 1.54) is 11.1 Å². The third-order valence-corrected chi connectivity index (χ3v) is 8.62. The molecular formula is C32H39N5O5. The summed E-state index contributed by atoms with van der Waals surface area (Å²) >= 11 is 0. The second-order valence-corrected chi connectivity index (χ2v) is 11.4. The first-order chi connectivity index (χ1) is 20.1. The Bertz CT molecular complexity index is 1530. The monoisotopic (exact) mass is 573 g/mol. The molecule has 2 aliphatic rings. The number of hydrogen-bond acceptors (Lipinski definition) is 8. The number of aliphatic hydroxyl groups excluding tert-OH is 3. The highest BCUT2D eigenvalue weighted by Crippen LogP contribution is 2.31. The molecule has 5 rings (SSSR count). The summed E-state index contributed by atoms with van der Waals surface area (Å²) in [6, 6.07) is 18.8. The van der Waals surface area contributed by atoms with Crippen molar-refractivity contribution in [3.8, 4) is 17.3 Å². The van der Waals surface area contributed by atoms with Crippen molar-refractivity contribution in [2.45, 2.75) is 44.4 Å². The Morgan fingerprint density at radius 3 is 2.38 bits per heavy atom. The van der Waals surface area contributed by atoms with Gasteiger partial charge in [0.2, 0.25) is 0 Å². The minimum absolute atomic E-state index is 0.0587. The van der Waals surface area contributed by atoms with Crippen LogP contribution < -0.4 is 10.2 Å². The average molecular weight is 574 g/mol. The van der Waals surface area contributed by atoms with Crippen LogP contribution in [0, 0.1) is 11.3 Å². The molecule has 5 atom stereocenters. The van der Waals surface area contributed by atoms with E-state index in [9.17, 15) is 25.4 Å². The van der Waals surface area contributed by atoms with Crippen LogP contribution in [-0.4, -0.2) is 101 Å². The van der Waals surface area contributed by atoms with E-state index in [1.807, 2.05) is 29.8 Å². The second kappa shape index (κ2) is 12.3. The SMILES string of the molecule is C/C(=C(/C#N)C(=O)NC[C@H]1OC(C)[C@H](O)[C@@H](O)[C@@H]1O)c1ccc(-c2ccc3cc(N4CCN(C)CC4)ccc3c2)n1C. The van der Waals surface area contributed by atoms with Crippen molar-refractivity contribution in [1.82, 2.24) is 14.8 Å². The fourth-order valence-electron chi connectivity index (χ4n) is 5.85. The quantitative estimate of drug-likeness (QED) is 0.260. The molecule has 222 valence electrons. The number of aromatic nitrogens is 1. The number of benzene rings is 2. The molecule has 2 aromatic carbocycles. The molecule has 1 aromatic heterocycles. The molecule has 0 saturated carbocycles. The van der Waals surface area contributed by atoms with Gasteiger partial charge in [0.15, 0.2) is 0 Å². The van der Waals surface area contributed by atoms with Crippen molar-refractivity contribution >= 4 is 27.9 Å². The first kappa shape index (κ1) is 29.8. The number of nitrogens with zero attached hydrogens (tertiary/aromatic N) is 4. The van der Waals surface area contributed by atoms with Crippen LogP contribution in [-0.2, 0) is 16.6 Å². The van der Waals surface area contributed by atoms with E-state index < -0.39 is 36.4 Å². The molecule has 3 heterocycles. The maximum absolute atomic E-state index is 13.0. The van der Waals surface area contributed by atoms with Crippen LogP contribution in [0.5, 0.6) is 0 Å². The first-order valence-electron chi connectivity index (χ1n) is 14.3. The van der Waals surface area contributed by atoms with Crippen LogP contribution in [0.3, 0.4) is 0 Å². The maximum atomic E-state index is 13.0. The number of piperazine rings is 1. The van der Waals surface area contributed by atoms with Crippen molar-refractivity contribution in [1.29, 1.82) is 5.26 Å². The largest absolute Gasteiger partial charge is 0.388 e. The molecule has 2 saturated heterocycles. The van der Waals surface area contributed by atoms with Gasteiger partial charge >= 0.3 is 0 Å². The molecule has 0 bridgehead atoms. The highest BCUT2D eigenvalue weighted by molar-refractivity contribution is 6.04. The standard InChI is InChI=1S/C32H39N5O5/c1-19(25(17-33)32(41)34-18-28-30(39)31(40)29(38)20(2)42-28)26-9-10-27(36(26)4)23-6-5-22-16-24(8-7-21(22)15-23)37-13-11-35(3)12-14-37/h5-10,15-16,20,28-31,38-40H,11-14,18H2,1-4H3,(H,34,41)/b25-19+/t20?,28-,29+,30-,31-/m1/s1. The number of aliphatic hydroxyl groups is 3. The van der Waals surface area contributed by atoms with Crippen LogP contribution in [0.1, 0.15) is 19.5 Å². The molecule has 2 fully saturated rings. The number of fused-ring (bicyclic) bond motifs is 1. The van der Waals surface area contributed by atoms with E-state index in [-0.39, 0.29) is 12.1 Å². The Labute approximate surface area is 246 Å². The van der Waals surface area contributed by atoms with Gasteiger partial charge in [-0.15, -0.1) is 0 Å². The highest BCUT2D eigenvalue weighted by atomic mass is 16.5. The fourth-order valence-corrected chi connectivity index (χ4v) is 5.85. The third kappa shape index (κ3) is 5.79. The normalized spacial score (nSPS) is 25.7.